The van der Waals surface area contributed by atoms with Crippen LogP contribution in [0.15, 0.2) is 60.1 Å². The standard InChI is InChI=1S/C22H19N3O2S/c1-3-15-4-6-16(7-5-15)20-14-28-21(25-20)18(12-23)13-24-19-10-8-17(9-11-19)22(26)27-2/h4-11,13-14,24H,3H2,1-2H3/b18-13+. The molecule has 3 aromatic rings. The maximum Gasteiger partial charge on any atom is 0.337 e. The molecule has 0 saturated carbocycles. The number of methoxy groups -OCH3 is 1. The van der Waals surface area contributed by atoms with Crippen molar-refractivity contribution < 1.29 is 9.53 Å². The minimum absolute atomic E-state index is 0.387. The van der Waals surface area contributed by atoms with Gasteiger partial charge in [-0.05, 0) is 36.2 Å². The predicted molar refractivity (Wildman–Crippen MR) is 112 cm³/mol. The molecule has 140 valence electrons. The molecule has 0 spiro atoms. The molecule has 1 aromatic heterocycles. The fourth-order valence-corrected chi connectivity index (χ4v) is 3.35. The maximum atomic E-state index is 11.5. The molecule has 28 heavy (non-hydrogen) atoms. The summed E-state index contributed by atoms with van der Waals surface area (Å²) in [5.74, 6) is -0.387. The molecule has 1 N–H and O–H groups in total. The van der Waals surface area contributed by atoms with E-state index in [9.17, 15) is 10.1 Å². The van der Waals surface area contributed by atoms with E-state index >= 15 is 0 Å². The molecular formula is C22H19N3O2S. The van der Waals surface area contributed by atoms with E-state index in [-0.39, 0.29) is 5.97 Å². The Labute approximate surface area is 167 Å². The van der Waals surface area contributed by atoms with E-state index in [1.807, 2.05) is 5.38 Å². The van der Waals surface area contributed by atoms with Crippen LogP contribution >= 0.6 is 11.3 Å². The average Bonchev–Trinajstić information content (AvgIpc) is 3.24. The van der Waals surface area contributed by atoms with Gasteiger partial charge >= 0.3 is 5.97 Å². The largest absolute Gasteiger partial charge is 0.465 e. The Morgan fingerprint density at radius 1 is 1.21 bits per heavy atom. The van der Waals surface area contributed by atoms with E-state index in [0.29, 0.717) is 16.1 Å². The zero-order valence-corrected chi connectivity index (χ0v) is 16.4. The number of nitriles is 1. The van der Waals surface area contributed by atoms with Gasteiger partial charge in [-0.2, -0.15) is 5.26 Å². The number of nitrogens with one attached hydrogen (secondary N) is 1. The van der Waals surface area contributed by atoms with Crippen molar-refractivity contribution in [3.8, 4) is 17.3 Å². The highest BCUT2D eigenvalue weighted by atomic mass is 32.1. The molecule has 0 aliphatic rings. The van der Waals surface area contributed by atoms with Gasteiger partial charge in [0.1, 0.15) is 16.6 Å². The van der Waals surface area contributed by atoms with Crippen LogP contribution < -0.4 is 5.32 Å². The smallest absolute Gasteiger partial charge is 0.337 e. The number of hydrogen-bond acceptors (Lipinski definition) is 6. The first-order valence-electron chi connectivity index (χ1n) is 8.75. The lowest BCUT2D eigenvalue weighted by Gasteiger charge is -2.03. The van der Waals surface area contributed by atoms with Crippen LogP contribution in [0.3, 0.4) is 0 Å². The Kier molecular flexibility index (Phi) is 6.20. The molecule has 6 heteroatoms. The van der Waals surface area contributed by atoms with Gasteiger partial charge in [-0.1, -0.05) is 31.2 Å². The summed E-state index contributed by atoms with van der Waals surface area (Å²) in [6, 6.07) is 17.3. The van der Waals surface area contributed by atoms with E-state index in [2.05, 4.69) is 52.3 Å². The van der Waals surface area contributed by atoms with E-state index in [0.717, 1.165) is 23.4 Å². The van der Waals surface area contributed by atoms with Crippen molar-refractivity contribution >= 4 is 28.6 Å². The van der Waals surface area contributed by atoms with E-state index in [4.69, 9.17) is 0 Å². The van der Waals surface area contributed by atoms with Crippen molar-refractivity contribution in [1.82, 2.24) is 4.98 Å². The van der Waals surface area contributed by atoms with Gasteiger partial charge in [-0.3, -0.25) is 0 Å². The number of carbonyl (C=O) groups is 1. The van der Waals surface area contributed by atoms with Gasteiger partial charge in [-0.15, -0.1) is 11.3 Å². The molecule has 2 aromatic carbocycles. The summed E-state index contributed by atoms with van der Waals surface area (Å²) in [6.45, 7) is 2.12. The molecule has 0 saturated heterocycles. The first kappa shape index (κ1) is 19.3. The minimum atomic E-state index is -0.387. The van der Waals surface area contributed by atoms with Crippen molar-refractivity contribution in [1.29, 1.82) is 5.26 Å². The fourth-order valence-electron chi connectivity index (χ4n) is 2.56. The van der Waals surface area contributed by atoms with Gasteiger partial charge in [0.05, 0.1) is 18.4 Å². The summed E-state index contributed by atoms with van der Waals surface area (Å²) in [7, 11) is 1.34. The number of ether oxygens (including phenoxy) is 1. The molecular weight excluding hydrogens is 370 g/mol. The Morgan fingerprint density at radius 2 is 1.93 bits per heavy atom. The van der Waals surface area contributed by atoms with Crippen molar-refractivity contribution in [3.63, 3.8) is 0 Å². The van der Waals surface area contributed by atoms with Gasteiger partial charge < -0.3 is 10.1 Å². The number of allylic oxidation sites excluding steroid dienone is 1. The summed E-state index contributed by atoms with van der Waals surface area (Å²) in [4.78, 5) is 16.1. The predicted octanol–water partition coefficient (Wildman–Crippen LogP) is 5.14. The summed E-state index contributed by atoms with van der Waals surface area (Å²) < 4.78 is 4.68. The third-order valence-corrected chi connectivity index (χ3v) is 5.08. The van der Waals surface area contributed by atoms with Crippen LogP contribution in [0.25, 0.3) is 16.8 Å². The van der Waals surface area contributed by atoms with Crippen LogP contribution in [0.2, 0.25) is 0 Å². The lowest BCUT2D eigenvalue weighted by atomic mass is 10.1. The topological polar surface area (TPSA) is 75.0 Å². The number of benzene rings is 2. The number of esters is 1. The van der Waals surface area contributed by atoms with E-state index < -0.39 is 0 Å². The number of rotatable bonds is 6. The zero-order chi connectivity index (χ0) is 19.9. The first-order chi connectivity index (χ1) is 13.6. The van der Waals surface area contributed by atoms with Gasteiger partial charge in [0.15, 0.2) is 0 Å². The lowest BCUT2D eigenvalue weighted by Crippen LogP contribution is -2.00. The second-order valence-corrected chi connectivity index (χ2v) is 6.83. The second-order valence-electron chi connectivity index (χ2n) is 5.97. The van der Waals surface area contributed by atoms with Crippen LogP contribution in [0.1, 0.15) is 27.9 Å². The van der Waals surface area contributed by atoms with Gasteiger partial charge in [0, 0.05) is 22.8 Å². The van der Waals surface area contributed by atoms with Crippen molar-refractivity contribution in [2.24, 2.45) is 0 Å². The van der Waals surface area contributed by atoms with E-state index in [1.54, 1.807) is 30.5 Å². The SMILES string of the molecule is CCc1ccc(-c2csc(/C(C#N)=C/Nc3ccc(C(=O)OC)cc3)n2)cc1. The normalized spacial score (nSPS) is 11.0. The Bertz CT molecular complexity index is 1030. The van der Waals surface area contributed by atoms with Crippen LogP contribution in [0.5, 0.6) is 0 Å². The Hall–Kier alpha value is -3.43. The van der Waals surface area contributed by atoms with Crippen LogP contribution in [0, 0.1) is 11.3 Å². The van der Waals surface area contributed by atoms with Crippen LogP contribution in [0.4, 0.5) is 5.69 Å². The number of nitrogens with zero attached hydrogens (tertiary/aromatic N) is 2. The number of carbonyl (C=O) groups excluding carboxylic acids is 1. The first-order valence-corrected chi connectivity index (χ1v) is 9.63. The molecule has 3 rings (SSSR count). The number of thiazole rings is 1. The molecule has 1 heterocycles. The summed E-state index contributed by atoms with van der Waals surface area (Å²) in [6.07, 6.45) is 2.62. The lowest BCUT2D eigenvalue weighted by molar-refractivity contribution is 0.0601. The van der Waals surface area contributed by atoms with Crippen molar-refractivity contribution in [2.75, 3.05) is 12.4 Å². The third kappa shape index (κ3) is 4.45. The molecule has 0 aliphatic carbocycles. The highest BCUT2D eigenvalue weighted by molar-refractivity contribution is 7.11. The second kappa shape index (κ2) is 8.98. The Balaban J connectivity index is 1.75. The summed E-state index contributed by atoms with van der Waals surface area (Å²) in [5, 5.41) is 15.2. The molecule has 0 atom stereocenters. The van der Waals surface area contributed by atoms with Crippen LogP contribution in [-0.2, 0) is 11.2 Å². The number of hydrogen-bond donors (Lipinski definition) is 1. The van der Waals surface area contributed by atoms with E-state index in [1.165, 1.54) is 24.0 Å². The maximum absolute atomic E-state index is 11.5. The highest BCUT2D eigenvalue weighted by Gasteiger charge is 2.09. The van der Waals surface area contributed by atoms with Gasteiger partial charge in [0.25, 0.3) is 0 Å². The third-order valence-electron chi connectivity index (χ3n) is 4.20. The average molecular weight is 389 g/mol. The number of aromatic nitrogens is 1. The molecule has 0 amide bonds. The molecule has 0 bridgehead atoms. The van der Waals surface area contributed by atoms with Crippen LogP contribution in [-0.4, -0.2) is 18.1 Å². The Morgan fingerprint density at radius 3 is 2.54 bits per heavy atom. The zero-order valence-electron chi connectivity index (χ0n) is 15.6. The molecule has 0 aliphatic heterocycles. The molecule has 0 radical (unpaired) electrons. The summed E-state index contributed by atoms with van der Waals surface area (Å²) >= 11 is 1.43. The number of anilines is 1. The number of aryl methyl sites for hydroxylation is 1. The molecule has 0 fully saturated rings. The molecule has 5 nitrogen and oxygen atoms in total. The quantitative estimate of drug-likeness (QED) is 0.467. The molecule has 0 unspecified atom stereocenters. The minimum Gasteiger partial charge on any atom is -0.465 e. The summed E-state index contributed by atoms with van der Waals surface area (Å²) in [5.41, 5.74) is 4.83. The fraction of sp³-hybridized carbons (Fsp3) is 0.136. The van der Waals surface area contributed by atoms with Gasteiger partial charge in [0.2, 0.25) is 0 Å². The van der Waals surface area contributed by atoms with Gasteiger partial charge in [-0.25, -0.2) is 9.78 Å². The monoisotopic (exact) mass is 389 g/mol. The van der Waals surface area contributed by atoms with Crippen molar-refractivity contribution in [2.45, 2.75) is 13.3 Å². The van der Waals surface area contributed by atoms with Crippen molar-refractivity contribution in [3.05, 3.63) is 76.2 Å². The highest BCUT2D eigenvalue weighted by Crippen LogP contribution is 2.26.